The van der Waals surface area contributed by atoms with E-state index in [9.17, 15) is 13.2 Å². The second-order valence-corrected chi connectivity index (χ2v) is 10.4. The predicted octanol–water partition coefficient (Wildman–Crippen LogP) is 4.75. The number of thioether (sulfide) groups is 1. The maximum absolute atomic E-state index is 12.7. The number of nitrogens with zero attached hydrogens (tertiary/aromatic N) is 1. The van der Waals surface area contributed by atoms with Gasteiger partial charge in [0.2, 0.25) is 0 Å². The van der Waals surface area contributed by atoms with Crippen LogP contribution in [0.3, 0.4) is 0 Å². The summed E-state index contributed by atoms with van der Waals surface area (Å²) < 4.78 is 37.3. The minimum atomic E-state index is -4.06. The molecular formula is C20H18BrNO5S3. The average Bonchev–Trinajstić information content (AvgIpc) is 2.92. The van der Waals surface area contributed by atoms with Crippen molar-refractivity contribution in [3.63, 3.8) is 0 Å². The first kappa shape index (κ1) is 22.8. The molecule has 30 heavy (non-hydrogen) atoms. The molecule has 0 radical (unpaired) electrons. The number of aryl methyl sites for hydroxylation is 1. The minimum Gasteiger partial charge on any atom is -0.490 e. The van der Waals surface area contributed by atoms with Crippen LogP contribution in [0.15, 0.2) is 50.7 Å². The lowest BCUT2D eigenvalue weighted by Gasteiger charge is -2.14. The van der Waals surface area contributed by atoms with Crippen LogP contribution in [0.1, 0.15) is 18.1 Å². The summed E-state index contributed by atoms with van der Waals surface area (Å²) in [5, 5.41) is 0. The van der Waals surface area contributed by atoms with Gasteiger partial charge in [0.1, 0.15) is 9.22 Å². The summed E-state index contributed by atoms with van der Waals surface area (Å²) in [5.74, 6) is 0.0831. The van der Waals surface area contributed by atoms with Gasteiger partial charge in [0.25, 0.3) is 5.91 Å². The molecule has 6 nitrogen and oxygen atoms in total. The molecule has 2 aromatic carbocycles. The zero-order chi connectivity index (χ0) is 22.1. The van der Waals surface area contributed by atoms with Gasteiger partial charge in [0, 0.05) is 7.05 Å². The summed E-state index contributed by atoms with van der Waals surface area (Å²) in [6.07, 6.45) is 1.67. The van der Waals surface area contributed by atoms with Gasteiger partial charge in [-0.2, -0.15) is 8.42 Å². The molecule has 0 bridgehead atoms. The Kier molecular flexibility index (Phi) is 6.91. The van der Waals surface area contributed by atoms with Crippen molar-refractivity contribution in [3.8, 4) is 11.5 Å². The minimum absolute atomic E-state index is 0.0395. The highest BCUT2D eigenvalue weighted by atomic mass is 79.9. The second kappa shape index (κ2) is 9.09. The third-order valence-corrected chi connectivity index (χ3v) is 7.43. The summed E-state index contributed by atoms with van der Waals surface area (Å²) in [6.45, 7) is 3.95. The number of benzene rings is 2. The normalized spacial score (nSPS) is 15.7. The lowest BCUT2D eigenvalue weighted by molar-refractivity contribution is -0.121. The molecule has 0 N–H and O–H groups in total. The molecule has 1 aliphatic rings. The Balaban J connectivity index is 1.99. The smallest absolute Gasteiger partial charge is 0.339 e. The van der Waals surface area contributed by atoms with Gasteiger partial charge in [-0.1, -0.05) is 41.7 Å². The van der Waals surface area contributed by atoms with Crippen LogP contribution in [0.4, 0.5) is 0 Å². The molecule has 0 aliphatic carbocycles. The van der Waals surface area contributed by atoms with E-state index < -0.39 is 10.1 Å². The molecule has 1 saturated heterocycles. The van der Waals surface area contributed by atoms with Crippen molar-refractivity contribution in [2.45, 2.75) is 18.7 Å². The summed E-state index contributed by atoms with van der Waals surface area (Å²) in [4.78, 5) is 14.2. The molecule has 1 amide bonds. The van der Waals surface area contributed by atoms with Crippen LogP contribution in [0.25, 0.3) is 6.08 Å². The molecule has 0 saturated carbocycles. The molecule has 10 heteroatoms. The zero-order valence-corrected chi connectivity index (χ0v) is 20.4. The summed E-state index contributed by atoms with van der Waals surface area (Å²) in [7, 11) is -2.44. The van der Waals surface area contributed by atoms with Gasteiger partial charge in [-0.25, -0.2) is 0 Å². The molecular weight excluding hydrogens is 510 g/mol. The van der Waals surface area contributed by atoms with E-state index in [4.69, 9.17) is 21.1 Å². The fraction of sp³-hybridized carbons (Fsp3) is 0.200. The summed E-state index contributed by atoms with van der Waals surface area (Å²) in [6, 6.07) is 9.64. The number of carbonyl (C=O) groups excluding carboxylic acids is 1. The zero-order valence-electron chi connectivity index (χ0n) is 16.3. The van der Waals surface area contributed by atoms with Crippen LogP contribution in [0, 0.1) is 6.92 Å². The Labute approximate surface area is 193 Å². The number of hydrogen-bond acceptors (Lipinski definition) is 7. The maximum Gasteiger partial charge on any atom is 0.339 e. The first-order valence-electron chi connectivity index (χ1n) is 8.81. The van der Waals surface area contributed by atoms with Gasteiger partial charge in [0.15, 0.2) is 11.5 Å². The molecule has 2 aromatic rings. The first-order valence-corrected chi connectivity index (χ1v) is 12.2. The molecule has 1 aliphatic heterocycles. The Hall–Kier alpha value is -1.88. The number of rotatable bonds is 6. The molecule has 0 unspecified atom stereocenters. The number of likely N-dealkylation sites (N-methyl/N-ethyl adjacent to an activating group) is 1. The number of thiocarbonyl (C=S) groups is 1. The SMILES string of the molecule is CCOc1cc(C=C2SC(=S)N(C)C2=O)cc(Br)c1OS(=O)(=O)c1ccc(C)cc1. The quantitative estimate of drug-likeness (QED) is 0.304. The largest absolute Gasteiger partial charge is 0.490 e. The maximum atomic E-state index is 12.7. The van der Waals surface area contributed by atoms with E-state index in [2.05, 4.69) is 15.9 Å². The molecule has 1 heterocycles. The highest BCUT2D eigenvalue weighted by Crippen LogP contribution is 2.40. The van der Waals surface area contributed by atoms with Gasteiger partial charge in [-0.15, -0.1) is 0 Å². The second-order valence-electron chi connectivity index (χ2n) is 6.35. The standard InChI is InChI=1S/C20H18BrNO5S3/c1-4-26-16-10-13(11-17-19(23)22(3)20(28)29-17)9-15(21)18(16)27-30(24,25)14-7-5-12(2)6-8-14/h5-11H,4H2,1-3H3. The Morgan fingerprint density at radius 1 is 1.23 bits per heavy atom. The highest BCUT2D eigenvalue weighted by Gasteiger charge is 2.29. The van der Waals surface area contributed by atoms with Crippen molar-refractivity contribution < 1.29 is 22.1 Å². The fourth-order valence-electron chi connectivity index (χ4n) is 2.57. The third-order valence-electron chi connectivity index (χ3n) is 4.12. The Morgan fingerprint density at radius 2 is 1.90 bits per heavy atom. The average molecular weight is 528 g/mol. The van der Waals surface area contributed by atoms with Gasteiger partial charge in [-0.3, -0.25) is 9.69 Å². The fourth-order valence-corrected chi connectivity index (χ4v) is 5.36. The number of carbonyl (C=O) groups is 1. The predicted molar refractivity (Wildman–Crippen MR) is 125 cm³/mol. The molecule has 1 fully saturated rings. The van der Waals surface area contributed by atoms with E-state index in [0.29, 0.717) is 25.9 Å². The van der Waals surface area contributed by atoms with Crippen LogP contribution in [-0.4, -0.2) is 37.2 Å². The Bertz CT molecular complexity index is 1140. The van der Waals surface area contributed by atoms with E-state index in [-0.39, 0.29) is 22.3 Å². The van der Waals surface area contributed by atoms with Crippen molar-refractivity contribution in [3.05, 3.63) is 56.9 Å². The van der Waals surface area contributed by atoms with Gasteiger partial charge >= 0.3 is 10.1 Å². The van der Waals surface area contributed by atoms with Crippen molar-refractivity contribution >= 4 is 66.3 Å². The van der Waals surface area contributed by atoms with Crippen LogP contribution in [0.5, 0.6) is 11.5 Å². The molecule has 0 aromatic heterocycles. The summed E-state index contributed by atoms with van der Waals surface area (Å²) >= 11 is 9.71. The van der Waals surface area contributed by atoms with E-state index in [1.165, 1.54) is 28.8 Å². The van der Waals surface area contributed by atoms with Gasteiger partial charge in [0.05, 0.1) is 16.0 Å². The third kappa shape index (κ3) is 4.88. The van der Waals surface area contributed by atoms with E-state index in [1.807, 2.05) is 6.92 Å². The number of ether oxygens (including phenoxy) is 1. The van der Waals surface area contributed by atoms with E-state index >= 15 is 0 Å². The van der Waals surface area contributed by atoms with Crippen LogP contribution >= 0.6 is 39.9 Å². The van der Waals surface area contributed by atoms with Crippen LogP contribution in [-0.2, 0) is 14.9 Å². The van der Waals surface area contributed by atoms with Crippen LogP contribution < -0.4 is 8.92 Å². The topological polar surface area (TPSA) is 72.9 Å². The van der Waals surface area contributed by atoms with Crippen LogP contribution in [0.2, 0.25) is 0 Å². The van der Waals surface area contributed by atoms with Crippen molar-refractivity contribution in [2.75, 3.05) is 13.7 Å². The Morgan fingerprint density at radius 3 is 2.47 bits per heavy atom. The highest BCUT2D eigenvalue weighted by molar-refractivity contribution is 9.10. The van der Waals surface area contributed by atoms with Crippen molar-refractivity contribution in [2.24, 2.45) is 0 Å². The van der Waals surface area contributed by atoms with Crippen molar-refractivity contribution in [1.29, 1.82) is 0 Å². The number of halogens is 1. The molecule has 158 valence electrons. The monoisotopic (exact) mass is 527 g/mol. The van der Waals surface area contributed by atoms with E-state index in [0.717, 1.165) is 5.56 Å². The lowest BCUT2D eigenvalue weighted by Crippen LogP contribution is -2.22. The van der Waals surface area contributed by atoms with Gasteiger partial charge in [-0.05, 0) is 65.7 Å². The lowest BCUT2D eigenvalue weighted by atomic mass is 10.2. The molecule has 3 rings (SSSR count). The molecule has 0 atom stereocenters. The number of amides is 1. The van der Waals surface area contributed by atoms with Crippen molar-refractivity contribution in [1.82, 2.24) is 4.90 Å². The van der Waals surface area contributed by atoms with E-state index in [1.54, 1.807) is 44.3 Å². The number of hydrogen-bond donors (Lipinski definition) is 0. The summed E-state index contributed by atoms with van der Waals surface area (Å²) in [5.41, 5.74) is 1.58. The molecule has 0 spiro atoms. The van der Waals surface area contributed by atoms with Gasteiger partial charge < -0.3 is 8.92 Å². The first-order chi connectivity index (χ1) is 14.1.